The summed E-state index contributed by atoms with van der Waals surface area (Å²) in [5.74, 6) is 0.708. The van der Waals surface area contributed by atoms with Crippen LogP contribution in [0, 0.1) is 6.92 Å². The summed E-state index contributed by atoms with van der Waals surface area (Å²) in [6.45, 7) is 4.30. The summed E-state index contributed by atoms with van der Waals surface area (Å²) in [6.07, 6.45) is 6.63. The smallest absolute Gasteiger partial charge is 0.0659 e. The lowest BCUT2D eigenvalue weighted by Gasteiger charge is -2.12. The average molecular weight is 269 g/mol. The van der Waals surface area contributed by atoms with Crippen LogP contribution in [0.5, 0.6) is 0 Å². The zero-order chi connectivity index (χ0) is 14.1. The van der Waals surface area contributed by atoms with Crippen LogP contribution < -0.4 is 5.73 Å². The first-order chi connectivity index (χ1) is 9.67. The summed E-state index contributed by atoms with van der Waals surface area (Å²) in [5, 5.41) is 4.68. The van der Waals surface area contributed by atoms with Crippen molar-refractivity contribution in [2.24, 2.45) is 5.73 Å². The molecule has 2 N–H and O–H groups in total. The predicted octanol–water partition coefficient (Wildman–Crippen LogP) is 3.34. The van der Waals surface area contributed by atoms with E-state index < -0.39 is 0 Å². The van der Waals surface area contributed by atoms with Crippen LogP contribution in [0.1, 0.15) is 48.9 Å². The Morgan fingerprint density at radius 3 is 2.80 bits per heavy atom. The summed E-state index contributed by atoms with van der Waals surface area (Å²) < 4.78 is 1.99. The van der Waals surface area contributed by atoms with Crippen molar-refractivity contribution < 1.29 is 0 Å². The molecule has 3 nitrogen and oxygen atoms in total. The largest absolute Gasteiger partial charge is 0.327 e. The van der Waals surface area contributed by atoms with E-state index in [1.54, 1.807) is 0 Å². The Labute approximate surface area is 120 Å². The standard InChI is InChI=1S/C17H23N3/c1-3-15(18)11-14-6-7-16(10-12(14)2)20-9-8-17(19-20)13-4-5-13/h6-10,13,15H,3-5,11,18H2,1-2H3. The third-order valence-electron chi connectivity index (χ3n) is 4.20. The fraction of sp³-hybridized carbons (Fsp3) is 0.471. The van der Waals surface area contributed by atoms with Crippen molar-refractivity contribution in [1.29, 1.82) is 0 Å². The summed E-state index contributed by atoms with van der Waals surface area (Å²) in [7, 11) is 0. The number of nitrogens with two attached hydrogens (primary N) is 1. The number of nitrogens with zero attached hydrogens (tertiary/aromatic N) is 2. The Kier molecular flexibility index (Phi) is 3.62. The fourth-order valence-electron chi connectivity index (χ4n) is 2.56. The van der Waals surface area contributed by atoms with Gasteiger partial charge in [0.25, 0.3) is 0 Å². The molecule has 0 radical (unpaired) electrons. The van der Waals surface area contributed by atoms with E-state index in [0.29, 0.717) is 5.92 Å². The SMILES string of the molecule is CCC(N)Cc1ccc(-n2ccc(C3CC3)n2)cc1C. The average Bonchev–Trinajstić information content (AvgIpc) is 3.18. The highest BCUT2D eigenvalue weighted by molar-refractivity contribution is 5.40. The molecule has 1 fully saturated rings. The van der Waals surface area contributed by atoms with E-state index in [0.717, 1.165) is 18.5 Å². The molecule has 0 spiro atoms. The van der Waals surface area contributed by atoms with Gasteiger partial charge >= 0.3 is 0 Å². The zero-order valence-electron chi connectivity index (χ0n) is 12.3. The molecule has 0 amide bonds. The lowest BCUT2D eigenvalue weighted by Crippen LogP contribution is -2.21. The normalized spacial score (nSPS) is 16.4. The zero-order valence-corrected chi connectivity index (χ0v) is 12.3. The van der Waals surface area contributed by atoms with Crippen LogP contribution in [-0.2, 0) is 6.42 Å². The number of benzene rings is 1. The van der Waals surface area contributed by atoms with Crippen molar-refractivity contribution in [2.75, 3.05) is 0 Å². The number of hydrogen-bond donors (Lipinski definition) is 1. The van der Waals surface area contributed by atoms with Gasteiger partial charge in [-0.25, -0.2) is 4.68 Å². The van der Waals surface area contributed by atoms with Crippen LogP contribution >= 0.6 is 0 Å². The maximum absolute atomic E-state index is 6.05. The van der Waals surface area contributed by atoms with Gasteiger partial charge in [0.1, 0.15) is 0 Å². The molecule has 3 heteroatoms. The summed E-state index contributed by atoms with van der Waals surface area (Å²) in [6, 6.07) is 8.95. The quantitative estimate of drug-likeness (QED) is 0.904. The fourth-order valence-corrected chi connectivity index (χ4v) is 2.56. The van der Waals surface area contributed by atoms with Crippen LogP contribution in [0.2, 0.25) is 0 Å². The molecule has 1 aromatic carbocycles. The highest BCUT2D eigenvalue weighted by Crippen LogP contribution is 2.39. The second kappa shape index (κ2) is 5.41. The lowest BCUT2D eigenvalue weighted by atomic mass is 10.00. The van der Waals surface area contributed by atoms with Crippen molar-refractivity contribution in [1.82, 2.24) is 9.78 Å². The van der Waals surface area contributed by atoms with Crippen molar-refractivity contribution in [2.45, 2.75) is 51.5 Å². The number of aromatic nitrogens is 2. The van der Waals surface area contributed by atoms with E-state index in [9.17, 15) is 0 Å². The van der Waals surface area contributed by atoms with Crippen molar-refractivity contribution >= 4 is 0 Å². The predicted molar refractivity (Wildman–Crippen MR) is 82.2 cm³/mol. The van der Waals surface area contributed by atoms with Crippen LogP contribution in [0.25, 0.3) is 5.69 Å². The van der Waals surface area contributed by atoms with Gasteiger partial charge < -0.3 is 5.73 Å². The van der Waals surface area contributed by atoms with Crippen molar-refractivity contribution in [3.63, 3.8) is 0 Å². The maximum atomic E-state index is 6.05. The summed E-state index contributed by atoms with van der Waals surface area (Å²) >= 11 is 0. The Hall–Kier alpha value is -1.61. The second-order valence-corrected chi connectivity index (χ2v) is 5.94. The molecule has 0 saturated heterocycles. The van der Waals surface area contributed by atoms with E-state index >= 15 is 0 Å². The monoisotopic (exact) mass is 269 g/mol. The molecule has 106 valence electrons. The van der Waals surface area contributed by atoms with Gasteiger partial charge in [0.2, 0.25) is 0 Å². The molecular weight excluding hydrogens is 246 g/mol. The number of rotatable bonds is 5. The maximum Gasteiger partial charge on any atom is 0.0659 e. The Morgan fingerprint density at radius 2 is 2.15 bits per heavy atom. The lowest BCUT2D eigenvalue weighted by molar-refractivity contribution is 0.644. The van der Waals surface area contributed by atoms with Crippen LogP contribution in [-0.4, -0.2) is 15.8 Å². The number of aryl methyl sites for hydroxylation is 1. The molecule has 1 aliphatic rings. The molecule has 1 saturated carbocycles. The third kappa shape index (κ3) is 2.78. The molecule has 3 rings (SSSR count). The summed E-state index contributed by atoms with van der Waals surface area (Å²) in [5.41, 5.74) is 11.1. The molecule has 1 heterocycles. The van der Waals surface area contributed by atoms with Gasteiger partial charge in [0.05, 0.1) is 11.4 Å². The molecule has 1 atom stereocenters. The minimum absolute atomic E-state index is 0.255. The van der Waals surface area contributed by atoms with Gasteiger partial charge in [0.15, 0.2) is 0 Å². The molecule has 1 aromatic heterocycles. The van der Waals surface area contributed by atoms with Gasteiger partial charge in [-0.2, -0.15) is 5.10 Å². The minimum atomic E-state index is 0.255. The highest BCUT2D eigenvalue weighted by Gasteiger charge is 2.25. The van der Waals surface area contributed by atoms with Crippen molar-refractivity contribution in [3.05, 3.63) is 47.3 Å². The van der Waals surface area contributed by atoms with E-state index in [2.05, 4.69) is 49.4 Å². The van der Waals surface area contributed by atoms with E-state index in [1.165, 1.54) is 29.7 Å². The van der Waals surface area contributed by atoms with E-state index in [-0.39, 0.29) is 6.04 Å². The first kappa shape index (κ1) is 13.4. The van der Waals surface area contributed by atoms with E-state index in [1.807, 2.05) is 4.68 Å². The van der Waals surface area contributed by atoms with Crippen LogP contribution in [0.4, 0.5) is 0 Å². The Morgan fingerprint density at radius 1 is 1.35 bits per heavy atom. The van der Waals surface area contributed by atoms with Crippen LogP contribution in [0.3, 0.4) is 0 Å². The third-order valence-corrected chi connectivity index (χ3v) is 4.20. The van der Waals surface area contributed by atoms with Crippen molar-refractivity contribution in [3.8, 4) is 5.69 Å². The highest BCUT2D eigenvalue weighted by atomic mass is 15.3. The number of hydrogen-bond acceptors (Lipinski definition) is 2. The van der Waals surface area contributed by atoms with Gasteiger partial charge in [-0.1, -0.05) is 13.0 Å². The van der Waals surface area contributed by atoms with Crippen LogP contribution in [0.15, 0.2) is 30.5 Å². The van der Waals surface area contributed by atoms with Gasteiger partial charge in [0, 0.05) is 18.2 Å². The molecule has 1 aliphatic carbocycles. The van der Waals surface area contributed by atoms with Gasteiger partial charge in [-0.15, -0.1) is 0 Å². The Bertz CT molecular complexity index is 596. The molecule has 0 aliphatic heterocycles. The second-order valence-electron chi connectivity index (χ2n) is 5.94. The first-order valence-corrected chi connectivity index (χ1v) is 7.58. The Balaban J connectivity index is 1.81. The minimum Gasteiger partial charge on any atom is -0.327 e. The van der Waals surface area contributed by atoms with E-state index in [4.69, 9.17) is 5.73 Å². The first-order valence-electron chi connectivity index (χ1n) is 7.58. The molecular formula is C17H23N3. The summed E-state index contributed by atoms with van der Waals surface area (Å²) in [4.78, 5) is 0. The molecule has 1 unspecified atom stereocenters. The van der Waals surface area contributed by atoms with Gasteiger partial charge in [-0.05, 0) is 61.9 Å². The molecule has 0 bridgehead atoms. The molecule has 20 heavy (non-hydrogen) atoms. The molecule has 2 aromatic rings. The topological polar surface area (TPSA) is 43.8 Å². The van der Waals surface area contributed by atoms with Gasteiger partial charge in [-0.3, -0.25) is 0 Å².